The zero-order chi connectivity index (χ0) is 21.8. The summed E-state index contributed by atoms with van der Waals surface area (Å²) in [5.74, 6) is -2.09. The maximum Gasteiger partial charge on any atom is 0.367 e. The first kappa shape index (κ1) is 21.0. The van der Waals surface area contributed by atoms with E-state index in [1.165, 1.54) is 25.1 Å². The molecule has 3 N–H and O–H groups in total. The molecule has 1 aliphatic heterocycles. The van der Waals surface area contributed by atoms with E-state index in [1.807, 2.05) is 0 Å². The van der Waals surface area contributed by atoms with Gasteiger partial charge in [-0.2, -0.15) is 8.42 Å². The number of carboxylic acid groups (broad SMARTS) is 2. The molecule has 0 fully saturated rings. The Morgan fingerprint density at radius 1 is 1.17 bits per heavy atom. The third-order valence-electron chi connectivity index (χ3n) is 5.15. The molecular weight excluding hydrogens is 402 g/mol. The van der Waals surface area contributed by atoms with Crippen LogP contribution in [0.25, 0.3) is 5.57 Å². The minimum atomic E-state index is -4.55. The highest BCUT2D eigenvalue weighted by Crippen LogP contribution is 2.42. The highest BCUT2D eigenvalue weighted by Gasteiger charge is 2.40. The summed E-state index contributed by atoms with van der Waals surface area (Å²) in [6, 6.07) is 4.80. The first-order chi connectivity index (χ1) is 13.2. The predicted octanol–water partition coefficient (Wildman–Crippen LogP) is 2.27. The third-order valence-corrected chi connectivity index (χ3v) is 5.87. The van der Waals surface area contributed by atoms with Crippen molar-refractivity contribution in [3.8, 4) is 5.75 Å². The number of carboxylic acids is 2. The number of hydrogen-bond acceptors (Lipinski definition) is 5. The number of allylic oxidation sites excluding steroid dienone is 2. The number of fused-ring (bicyclic) bond motifs is 1. The Balaban J connectivity index is 2.11. The average Bonchev–Trinajstić information content (AvgIpc) is 2.59. The van der Waals surface area contributed by atoms with Gasteiger partial charge in [-0.15, -0.1) is 0 Å². The molecule has 1 unspecified atom stereocenters. The van der Waals surface area contributed by atoms with Gasteiger partial charge in [0.2, 0.25) is 0 Å². The molecule has 1 heterocycles. The topological polar surface area (TPSA) is 141 Å². The van der Waals surface area contributed by atoms with Crippen molar-refractivity contribution in [2.75, 3.05) is 6.54 Å². The van der Waals surface area contributed by atoms with Crippen LogP contribution in [0, 0.1) is 5.41 Å². The van der Waals surface area contributed by atoms with E-state index >= 15 is 0 Å². The fourth-order valence-corrected chi connectivity index (χ4v) is 4.17. The van der Waals surface area contributed by atoms with Crippen LogP contribution in [0.5, 0.6) is 5.75 Å². The summed E-state index contributed by atoms with van der Waals surface area (Å²) in [5, 5.41) is 19.0. The fraction of sp³-hybridized carbons (Fsp3) is 0.368. The van der Waals surface area contributed by atoms with Crippen LogP contribution < -0.4 is 4.84 Å². The molecule has 1 atom stereocenters. The molecule has 2 aliphatic rings. The Bertz CT molecular complexity index is 1070. The summed E-state index contributed by atoms with van der Waals surface area (Å²) in [7, 11) is -4.55. The molecule has 3 rings (SSSR count). The normalized spacial score (nSPS) is 24.0. The predicted molar refractivity (Wildman–Crippen MR) is 102 cm³/mol. The fourth-order valence-electron chi connectivity index (χ4n) is 3.51. The third kappa shape index (κ3) is 3.91. The zero-order valence-electron chi connectivity index (χ0n) is 16.0. The molecule has 9 nitrogen and oxygen atoms in total. The first-order valence-corrected chi connectivity index (χ1v) is 10.1. The van der Waals surface area contributed by atoms with Crippen molar-refractivity contribution in [2.45, 2.75) is 32.6 Å². The summed E-state index contributed by atoms with van der Waals surface area (Å²) < 4.78 is 32.7. The lowest BCUT2D eigenvalue weighted by Crippen LogP contribution is -2.46. The molecule has 0 radical (unpaired) electrons. The van der Waals surface area contributed by atoms with Crippen molar-refractivity contribution in [3.05, 3.63) is 47.1 Å². The van der Waals surface area contributed by atoms with E-state index in [0.717, 1.165) is 0 Å². The van der Waals surface area contributed by atoms with E-state index in [9.17, 15) is 32.8 Å². The minimum Gasteiger partial charge on any atom is -0.481 e. The quantitative estimate of drug-likeness (QED) is 0.626. The molecule has 10 heteroatoms. The molecule has 29 heavy (non-hydrogen) atoms. The van der Waals surface area contributed by atoms with Crippen molar-refractivity contribution in [2.24, 2.45) is 5.41 Å². The average molecular weight is 423 g/mol. The monoisotopic (exact) mass is 423 g/mol. The van der Waals surface area contributed by atoms with Crippen LogP contribution in [0.15, 0.2) is 35.9 Å². The van der Waals surface area contributed by atoms with Crippen LogP contribution in [0.3, 0.4) is 0 Å². The van der Waals surface area contributed by atoms with E-state index in [4.69, 9.17) is 4.84 Å². The maximum atomic E-state index is 11.7. The van der Waals surface area contributed by atoms with Crippen molar-refractivity contribution < 1.29 is 37.6 Å². The van der Waals surface area contributed by atoms with Gasteiger partial charge in [-0.25, -0.2) is 4.79 Å². The summed E-state index contributed by atoms with van der Waals surface area (Å²) >= 11 is 0. The lowest BCUT2D eigenvalue weighted by molar-refractivity contribution is -0.145. The van der Waals surface area contributed by atoms with Crippen molar-refractivity contribution in [1.82, 2.24) is 4.47 Å². The molecule has 1 aromatic rings. The summed E-state index contributed by atoms with van der Waals surface area (Å²) in [4.78, 5) is 28.5. The highest BCUT2D eigenvalue weighted by atomic mass is 32.2. The standard InChI is InChI=1S/C19H21NO8S/c1-18(2)10-20(29(25,26)27)28-15-5-4-11(7-14(15)18)12-6-13(16(21)22)9-19(3,8-12)17(23)24/h4-8H,9-10H2,1-3H3,(H,21,22)(H,23,24)(H,25,26,27). The minimum absolute atomic E-state index is 0.0156. The summed E-state index contributed by atoms with van der Waals surface area (Å²) in [6.45, 7) is 4.86. The Morgan fingerprint density at radius 2 is 1.83 bits per heavy atom. The van der Waals surface area contributed by atoms with Gasteiger partial charge in [-0.05, 0) is 47.2 Å². The van der Waals surface area contributed by atoms with Gasteiger partial charge in [0, 0.05) is 16.6 Å². The Labute approximate surface area is 167 Å². The number of rotatable bonds is 4. The molecule has 0 saturated carbocycles. The molecule has 156 valence electrons. The maximum absolute atomic E-state index is 11.7. The van der Waals surface area contributed by atoms with E-state index in [0.29, 0.717) is 21.2 Å². The van der Waals surface area contributed by atoms with E-state index in [2.05, 4.69) is 0 Å². The van der Waals surface area contributed by atoms with Crippen LogP contribution in [-0.2, 0) is 25.3 Å². The lowest BCUT2D eigenvalue weighted by Gasteiger charge is -2.37. The second-order valence-corrected chi connectivity index (χ2v) is 9.40. The van der Waals surface area contributed by atoms with Gasteiger partial charge in [0.1, 0.15) is 0 Å². The van der Waals surface area contributed by atoms with Gasteiger partial charge in [0.05, 0.1) is 12.0 Å². The van der Waals surface area contributed by atoms with Gasteiger partial charge in [0.15, 0.2) is 5.75 Å². The van der Waals surface area contributed by atoms with Crippen LogP contribution in [0.1, 0.15) is 38.3 Å². The number of nitrogens with zero attached hydrogens (tertiary/aromatic N) is 1. The number of aliphatic carboxylic acids is 2. The van der Waals surface area contributed by atoms with Crippen molar-refractivity contribution >= 4 is 27.8 Å². The first-order valence-electron chi connectivity index (χ1n) is 8.71. The number of carbonyl (C=O) groups is 2. The summed E-state index contributed by atoms with van der Waals surface area (Å²) in [6.07, 6.45) is 2.82. The van der Waals surface area contributed by atoms with Crippen molar-refractivity contribution in [3.63, 3.8) is 0 Å². The molecule has 0 aromatic heterocycles. The number of benzene rings is 1. The zero-order valence-corrected chi connectivity index (χ0v) is 16.9. The number of hydroxylamine groups is 1. The second-order valence-electron chi connectivity index (χ2n) is 8.10. The van der Waals surface area contributed by atoms with E-state index in [-0.39, 0.29) is 24.3 Å². The summed E-state index contributed by atoms with van der Waals surface area (Å²) in [5.41, 5.74) is -0.464. The molecule has 0 saturated heterocycles. The number of hydrogen-bond donors (Lipinski definition) is 3. The Hall–Kier alpha value is -2.69. The van der Waals surface area contributed by atoms with Gasteiger partial charge in [0.25, 0.3) is 0 Å². The smallest absolute Gasteiger partial charge is 0.367 e. The highest BCUT2D eigenvalue weighted by molar-refractivity contribution is 7.83. The molecule has 0 amide bonds. The van der Waals surface area contributed by atoms with Gasteiger partial charge in [-0.1, -0.05) is 26.0 Å². The van der Waals surface area contributed by atoms with Crippen LogP contribution in [0.4, 0.5) is 0 Å². The van der Waals surface area contributed by atoms with Crippen LogP contribution in [-0.4, -0.2) is 46.1 Å². The Morgan fingerprint density at radius 3 is 2.38 bits per heavy atom. The molecule has 0 bridgehead atoms. The largest absolute Gasteiger partial charge is 0.481 e. The molecule has 0 spiro atoms. The SMILES string of the molecule is CC1(C(=O)O)C=C(c2ccc3c(c2)C(C)(C)CN(S(=O)(=O)O)O3)C=C(C(=O)O)C1. The molecular formula is C19H21NO8S. The second kappa shape index (κ2) is 6.68. The van der Waals surface area contributed by atoms with Gasteiger partial charge < -0.3 is 15.1 Å². The van der Waals surface area contributed by atoms with E-state index in [1.54, 1.807) is 26.0 Å². The van der Waals surface area contributed by atoms with E-state index < -0.39 is 33.1 Å². The molecule has 1 aliphatic carbocycles. The van der Waals surface area contributed by atoms with Crippen LogP contribution >= 0.6 is 0 Å². The van der Waals surface area contributed by atoms with Gasteiger partial charge >= 0.3 is 22.2 Å². The van der Waals surface area contributed by atoms with Crippen LogP contribution in [0.2, 0.25) is 0 Å². The van der Waals surface area contributed by atoms with Crippen molar-refractivity contribution in [1.29, 1.82) is 0 Å². The molecule has 1 aromatic carbocycles. The van der Waals surface area contributed by atoms with Gasteiger partial charge in [-0.3, -0.25) is 9.35 Å². The lowest BCUT2D eigenvalue weighted by atomic mass is 9.75. The Kier molecular flexibility index (Phi) is 4.85.